The molecule has 0 spiro atoms. The number of benzene rings is 2. The van der Waals surface area contributed by atoms with Crippen molar-refractivity contribution in [3.8, 4) is 11.5 Å². The molecule has 10 heteroatoms. The first-order valence-electron chi connectivity index (χ1n) is 13.0. The smallest absolute Gasteiger partial charge is 0.229 e. The standard InChI is InChI=1S/C28H34N6O4/c1-22-6-2-4-8-24(22)37-18-19-38-25-9-5-3-7-23(25)21-29-32-26-20-27(33-10-14-35-15-11-33)31-28(30-26)34-12-16-36-17-13-34/h2-9,20-21H,10-19H2,1H3,(H,30,31,32)/b29-21-. The summed E-state index contributed by atoms with van der Waals surface area (Å²) in [6, 6.07) is 17.7. The van der Waals surface area contributed by atoms with Crippen molar-refractivity contribution in [1.29, 1.82) is 0 Å². The molecule has 2 aliphatic rings. The van der Waals surface area contributed by atoms with Crippen LogP contribution in [0.15, 0.2) is 59.7 Å². The lowest BCUT2D eigenvalue weighted by atomic mass is 10.2. The summed E-state index contributed by atoms with van der Waals surface area (Å²) in [6.45, 7) is 8.70. The zero-order chi connectivity index (χ0) is 26.0. The lowest BCUT2D eigenvalue weighted by molar-refractivity contribution is 0.121. The minimum atomic E-state index is 0.421. The molecule has 0 radical (unpaired) electrons. The topological polar surface area (TPSA) is 93.6 Å². The summed E-state index contributed by atoms with van der Waals surface area (Å²) in [4.78, 5) is 13.9. The predicted octanol–water partition coefficient (Wildman–Crippen LogP) is 3.36. The second-order valence-electron chi connectivity index (χ2n) is 8.98. The van der Waals surface area contributed by atoms with Crippen molar-refractivity contribution in [2.45, 2.75) is 6.92 Å². The van der Waals surface area contributed by atoms with Crippen molar-refractivity contribution in [3.05, 3.63) is 65.7 Å². The molecule has 5 rings (SSSR count). The van der Waals surface area contributed by atoms with Gasteiger partial charge in [0.15, 0.2) is 5.82 Å². The first kappa shape index (κ1) is 25.7. The van der Waals surface area contributed by atoms with Gasteiger partial charge in [-0.1, -0.05) is 30.3 Å². The maximum atomic E-state index is 5.99. The van der Waals surface area contributed by atoms with Gasteiger partial charge in [0.25, 0.3) is 0 Å². The van der Waals surface area contributed by atoms with Crippen LogP contribution in [0, 0.1) is 6.92 Å². The van der Waals surface area contributed by atoms with Gasteiger partial charge in [-0.3, -0.25) is 5.43 Å². The Balaban J connectivity index is 1.24. The van der Waals surface area contributed by atoms with Crippen molar-refractivity contribution in [1.82, 2.24) is 9.97 Å². The summed E-state index contributed by atoms with van der Waals surface area (Å²) in [5.74, 6) is 3.77. The molecular weight excluding hydrogens is 484 g/mol. The highest BCUT2D eigenvalue weighted by Crippen LogP contribution is 2.23. The van der Waals surface area contributed by atoms with Crippen LogP contribution >= 0.6 is 0 Å². The molecule has 0 saturated carbocycles. The maximum Gasteiger partial charge on any atom is 0.229 e. The quantitative estimate of drug-likeness (QED) is 0.246. The summed E-state index contributed by atoms with van der Waals surface area (Å²) in [5, 5.41) is 4.47. The Hall–Kier alpha value is -3.89. The Morgan fingerprint density at radius 2 is 1.47 bits per heavy atom. The summed E-state index contributed by atoms with van der Waals surface area (Å²) in [6.07, 6.45) is 1.74. The molecule has 1 aromatic heterocycles. The van der Waals surface area contributed by atoms with Crippen LogP contribution < -0.4 is 24.7 Å². The molecule has 10 nitrogen and oxygen atoms in total. The molecule has 2 fully saturated rings. The highest BCUT2D eigenvalue weighted by atomic mass is 16.5. The third-order valence-electron chi connectivity index (χ3n) is 6.32. The van der Waals surface area contributed by atoms with Gasteiger partial charge in [-0.05, 0) is 30.7 Å². The second kappa shape index (κ2) is 13.1. The Morgan fingerprint density at radius 1 is 0.842 bits per heavy atom. The molecule has 0 unspecified atom stereocenters. The number of morpholine rings is 2. The number of nitrogens with zero attached hydrogens (tertiary/aromatic N) is 5. The highest BCUT2D eigenvalue weighted by molar-refractivity contribution is 5.84. The fourth-order valence-electron chi connectivity index (χ4n) is 4.25. The number of aryl methyl sites for hydroxylation is 1. The van der Waals surface area contributed by atoms with Gasteiger partial charge in [0, 0.05) is 37.8 Å². The van der Waals surface area contributed by atoms with Crippen LogP contribution in [0.25, 0.3) is 0 Å². The van der Waals surface area contributed by atoms with E-state index in [0.29, 0.717) is 51.4 Å². The maximum absolute atomic E-state index is 5.99. The van der Waals surface area contributed by atoms with Crippen LogP contribution in [0.2, 0.25) is 0 Å². The third kappa shape index (κ3) is 6.90. The van der Waals surface area contributed by atoms with Crippen molar-refractivity contribution < 1.29 is 18.9 Å². The van der Waals surface area contributed by atoms with Gasteiger partial charge in [0.2, 0.25) is 5.95 Å². The number of hydrazone groups is 1. The average molecular weight is 519 g/mol. The Kier molecular flexibility index (Phi) is 8.85. The zero-order valence-electron chi connectivity index (χ0n) is 21.7. The number of rotatable bonds is 10. The minimum absolute atomic E-state index is 0.421. The molecular formula is C28H34N6O4. The molecule has 3 aromatic rings. The third-order valence-corrected chi connectivity index (χ3v) is 6.32. The molecule has 2 aliphatic heterocycles. The van der Waals surface area contributed by atoms with E-state index in [2.05, 4.69) is 20.3 Å². The SMILES string of the molecule is Cc1ccccc1OCCOc1ccccc1/C=N\Nc1cc(N2CCOCC2)nc(N2CCOCC2)n1. The summed E-state index contributed by atoms with van der Waals surface area (Å²) in [7, 11) is 0. The van der Waals surface area contributed by atoms with Crippen LogP contribution in [0.4, 0.5) is 17.6 Å². The Morgan fingerprint density at radius 3 is 2.21 bits per heavy atom. The number of hydrogen-bond donors (Lipinski definition) is 1. The van der Waals surface area contributed by atoms with Crippen LogP contribution in [0.3, 0.4) is 0 Å². The van der Waals surface area contributed by atoms with Crippen molar-refractivity contribution >= 4 is 23.8 Å². The van der Waals surface area contributed by atoms with Gasteiger partial charge < -0.3 is 28.7 Å². The minimum Gasteiger partial charge on any atom is -0.490 e. The van der Waals surface area contributed by atoms with Crippen LogP contribution in [0.1, 0.15) is 11.1 Å². The lowest BCUT2D eigenvalue weighted by Crippen LogP contribution is -2.39. The average Bonchev–Trinajstić information content (AvgIpc) is 2.98. The molecule has 0 aliphatic carbocycles. The van der Waals surface area contributed by atoms with Crippen molar-refractivity contribution in [3.63, 3.8) is 0 Å². The van der Waals surface area contributed by atoms with Gasteiger partial charge >= 0.3 is 0 Å². The molecule has 2 aromatic carbocycles. The number of hydrogen-bond acceptors (Lipinski definition) is 10. The fourth-order valence-corrected chi connectivity index (χ4v) is 4.25. The number of anilines is 3. The van der Waals surface area contributed by atoms with E-state index in [1.807, 2.05) is 61.5 Å². The van der Waals surface area contributed by atoms with Crippen LogP contribution in [0.5, 0.6) is 11.5 Å². The summed E-state index contributed by atoms with van der Waals surface area (Å²) >= 11 is 0. The predicted molar refractivity (Wildman–Crippen MR) is 148 cm³/mol. The second-order valence-corrected chi connectivity index (χ2v) is 8.98. The molecule has 38 heavy (non-hydrogen) atoms. The van der Waals surface area contributed by atoms with Gasteiger partial charge in [-0.15, -0.1) is 0 Å². The molecule has 3 heterocycles. The molecule has 0 atom stereocenters. The van der Waals surface area contributed by atoms with Crippen molar-refractivity contribution in [2.24, 2.45) is 5.10 Å². The van der Waals surface area contributed by atoms with E-state index >= 15 is 0 Å². The largest absolute Gasteiger partial charge is 0.490 e. The van der Waals surface area contributed by atoms with E-state index in [1.165, 1.54) is 0 Å². The van der Waals surface area contributed by atoms with Gasteiger partial charge in [-0.25, -0.2) is 0 Å². The monoisotopic (exact) mass is 518 g/mol. The number of aromatic nitrogens is 2. The Labute approximate surface area is 223 Å². The summed E-state index contributed by atoms with van der Waals surface area (Å²) < 4.78 is 22.9. The van der Waals surface area contributed by atoms with E-state index in [0.717, 1.165) is 54.6 Å². The van der Waals surface area contributed by atoms with Crippen molar-refractivity contribution in [2.75, 3.05) is 81.0 Å². The van der Waals surface area contributed by atoms with E-state index in [9.17, 15) is 0 Å². The van der Waals surface area contributed by atoms with E-state index in [-0.39, 0.29) is 0 Å². The first-order chi connectivity index (χ1) is 18.8. The fraction of sp³-hybridized carbons (Fsp3) is 0.393. The normalized spacial score (nSPS) is 16.0. The number of ether oxygens (including phenoxy) is 4. The van der Waals surface area contributed by atoms with Crippen LogP contribution in [-0.4, -0.2) is 82.0 Å². The summed E-state index contributed by atoms with van der Waals surface area (Å²) in [5.41, 5.74) is 5.05. The number of para-hydroxylation sites is 2. The number of nitrogens with one attached hydrogen (secondary N) is 1. The van der Waals surface area contributed by atoms with E-state index in [4.69, 9.17) is 28.9 Å². The zero-order valence-corrected chi connectivity index (χ0v) is 21.7. The first-order valence-corrected chi connectivity index (χ1v) is 13.0. The molecule has 1 N–H and O–H groups in total. The van der Waals surface area contributed by atoms with Gasteiger partial charge in [-0.2, -0.15) is 15.1 Å². The van der Waals surface area contributed by atoms with E-state index < -0.39 is 0 Å². The highest BCUT2D eigenvalue weighted by Gasteiger charge is 2.19. The molecule has 0 bridgehead atoms. The molecule has 2 saturated heterocycles. The van der Waals surface area contributed by atoms with Gasteiger partial charge in [0.05, 0.1) is 32.6 Å². The molecule has 0 amide bonds. The van der Waals surface area contributed by atoms with Crippen LogP contribution in [-0.2, 0) is 9.47 Å². The van der Waals surface area contributed by atoms with Gasteiger partial charge in [0.1, 0.15) is 30.5 Å². The van der Waals surface area contributed by atoms with E-state index in [1.54, 1.807) is 6.21 Å². The Bertz CT molecular complexity index is 1180. The lowest BCUT2D eigenvalue weighted by Gasteiger charge is -2.31. The molecule has 200 valence electrons.